The summed E-state index contributed by atoms with van der Waals surface area (Å²) in [5.41, 5.74) is 2.94. The summed E-state index contributed by atoms with van der Waals surface area (Å²) in [7, 11) is 0. The van der Waals surface area contributed by atoms with Crippen molar-refractivity contribution in [3.05, 3.63) is 67.8 Å². The summed E-state index contributed by atoms with van der Waals surface area (Å²) >= 11 is 0. The Labute approximate surface area is 120 Å². The Bertz CT molecular complexity index is 667. The smallest absolute Gasteiger partial charge is 0.269 e. The van der Waals surface area contributed by atoms with Gasteiger partial charge >= 0.3 is 0 Å². The van der Waals surface area contributed by atoms with Crippen molar-refractivity contribution in [3.63, 3.8) is 0 Å². The van der Waals surface area contributed by atoms with Crippen LogP contribution < -0.4 is 5.32 Å². The highest BCUT2D eigenvalue weighted by atomic mass is 16.6. The zero-order valence-electron chi connectivity index (χ0n) is 11.5. The first-order valence-electron chi connectivity index (χ1n) is 6.15. The van der Waals surface area contributed by atoms with Crippen molar-refractivity contribution in [1.29, 1.82) is 0 Å². The van der Waals surface area contributed by atoms with Crippen LogP contribution in [0.5, 0.6) is 0 Å². The molecule has 2 aromatic rings. The zero-order valence-corrected chi connectivity index (χ0v) is 11.5. The molecular weight excluding hydrogens is 274 g/mol. The van der Waals surface area contributed by atoms with Gasteiger partial charge in [0.15, 0.2) is 0 Å². The monoisotopic (exact) mass is 287 g/mol. The van der Waals surface area contributed by atoms with Crippen LogP contribution in [0.15, 0.2) is 36.4 Å². The van der Waals surface area contributed by atoms with Gasteiger partial charge in [0.25, 0.3) is 11.4 Å². The number of hydrogen-bond acceptors (Lipinski definition) is 5. The fraction of sp³-hybridized carbons (Fsp3) is 0.143. The first kappa shape index (κ1) is 14.4. The van der Waals surface area contributed by atoms with E-state index in [-0.39, 0.29) is 11.4 Å². The quantitative estimate of drug-likeness (QED) is 0.680. The molecule has 21 heavy (non-hydrogen) atoms. The number of benzene rings is 2. The number of aryl methyl sites for hydroxylation is 2. The summed E-state index contributed by atoms with van der Waals surface area (Å²) in [5, 5.41) is 24.5. The van der Waals surface area contributed by atoms with Gasteiger partial charge in [0.1, 0.15) is 0 Å². The van der Waals surface area contributed by atoms with E-state index in [0.717, 1.165) is 22.5 Å². The molecular formula is C14H13N3O4. The summed E-state index contributed by atoms with van der Waals surface area (Å²) in [6.45, 7) is 3.52. The van der Waals surface area contributed by atoms with Crippen molar-refractivity contribution in [2.75, 3.05) is 5.32 Å². The summed E-state index contributed by atoms with van der Waals surface area (Å²) in [6, 6.07) is 9.01. The normalized spacial score (nSPS) is 10.2. The molecule has 0 atom stereocenters. The van der Waals surface area contributed by atoms with Crippen LogP contribution >= 0.6 is 0 Å². The third kappa shape index (κ3) is 3.14. The molecule has 7 nitrogen and oxygen atoms in total. The minimum Gasteiger partial charge on any atom is -0.355 e. The van der Waals surface area contributed by atoms with Crippen LogP contribution in [0.4, 0.5) is 22.7 Å². The molecule has 0 aromatic heterocycles. The van der Waals surface area contributed by atoms with Gasteiger partial charge in [-0.15, -0.1) is 0 Å². The second-order valence-corrected chi connectivity index (χ2v) is 4.64. The van der Waals surface area contributed by atoms with Gasteiger partial charge < -0.3 is 5.32 Å². The van der Waals surface area contributed by atoms with Crippen LogP contribution in [0, 0.1) is 34.1 Å². The van der Waals surface area contributed by atoms with Crippen LogP contribution in [0.3, 0.4) is 0 Å². The topological polar surface area (TPSA) is 98.3 Å². The lowest BCUT2D eigenvalue weighted by atomic mass is 10.1. The molecule has 0 saturated heterocycles. The van der Waals surface area contributed by atoms with Gasteiger partial charge in [-0.25, -0.2) is 0 Å². The van der Waals surface area contributed by atoms with Gasteiger partial charge in [-0.1, -0.05) is 0 Å². The van der Waals surface area contributed by atoms with Gasteiger partial charge in [-0.05, 0) is 37.1 Å². The second-order valence-electron chi connectivity index (χ2n) is 4.64. The van der Waals surface area contributed by atoms with Gasteiger partial charge in [-0.2, -0.15) is 0 Å². The summed E-state index contributed by atoms with van der Waals surface area (Å²) in [6.07, 6.45) is 0. The molecule has 7 heteroatoms. The number of nitro groups is 2. The molecule has 2 aromatic carbocycles. The average molecular weight is 287 g/mol. The molecule has 0 amide bonds. The van der Waals surface area contributed by atoms with Crippen LogP contribution in [0.25, 0.3) is 0 Å². The standard InChI is InChI=1S/C14H13N3O4/c1-9-7-11(16(18)19)3-5-13(9)15-14-6-4-12(17(20)21)8-10(14)2/h3-8,15H,1-2H3. The summed E-state index contributed by atoms with van der Waals surface area (Å²) in [5.74, 6) is 0. The molecule has 0 bridgehead atoms. The number of nitrogens with one attached hydrogen (secondary N) is 1. The average Bonchev–Trinajstić information content (AvgIpc) is 2.42. The molecule has 2 rings (SSSR count). The number of anilines is 2. The van der Waals surface area contributed by atoms with E-state index in [0.29, 0.717) is 0 Å². The fourth-order valence-corrected chi connectivity index (χ4v) is 1.95. The number of nitro benzene ring substituents is 2. The molecule has 0 aliphatic rings. The highest BCUT2D eigenvalue weighted by Gasteiger charge is 2.11. The minimum atomic E-state index is -0.450. The van der Waals surface area contributed by atoms with Gasteiger partial charge in [0.05, 0.1) is 9.85 Å². The van der Waals surface area contributed by atoms with E-state index in [9.17, 15) is 20.2 Å². The Hall–Kier alpha value is -2.96. The molecule has 0 unspecified atom stereocenters. The number of non-ortho nitro benzene ring substituents is 2. The van der Waals surface area contributed by atoms with Crippen LogP contribution in [0.1, 0.15) is 11.1 Å². The molecule has 0 fully saturated rings. The molecule has 1 N–H and O–H groups in total. The van der Waals surface area contributed by atoms with Crippen LogP contribution in [-0.4, -0.2) is 9.85 Å². The van der Waals surface area contributed by atoms with Crippen molar-refractivity contribution < 1.29 is 9.85 Å². The second kappa shape index (κ2) is 5.58. The number of rotatable bonds is 4. The zero-order chi connectivity index (χ0) is 15.6. The molecule has 0 aliphatic carbocycles. The predicted octanol–water partition coefficient (Wildman–Crippen LogP) is 3.86. The predicted molar refractivity (Wildman–Crippen MR) is 78.9 cm³/mol. The van der Waals surface area contributed by atoms with Crippen LogP contribution in [-0.2, 0) is 0 Å². The van der Waals surface area contributed by atoms with Crippen molar-refractivity contribution in [1.82, 2.24) is 0 Å². The Balaban J connectivity index is 2.30. The van der Waals surface area contributed by atoms with Crippen LogP contribution in [0.2, 0.25) is 0 Å². The largest absolute Gasteiger partial charge is 0.355 e. The Kier molecular flexibility index (Phi) is 3.84. The van der Waals surface area contributed by atoms with Gasteiger partial charge in [0.2, 0.25) is 0 Å². The third-order valence-electron chi connectivity index (χ3n) is 3.11. The molecule has 0 radical (unpaired) electrons. The summed E-state index contributed by atoms with van der Waals surface area (Å²) < 4.78 is 0. The van der Waals surface area contributed by atoms with Crippen molar-refractivity contribution >= 4 is 22.7 Å². The molecule has 0 saturated carbocycles. The first-order valence-corrected chi connectivity index (χ1v) is 6.15. The van der Waals surface area contributed by atoms with E-state index in [4.69, 9.17) is 0 Å². The van der Waals surface area contributed by atoms with Gasteiger partial charge in [-0.3, -0.25) is 20.2 Å². The Morgan fingerprint density at radius 1 is 0.810 bits per heavy atom. The van der Waals surface area contributed by atoms with Crippen molar-refractivity contribution in [2.45, 2.75) is 13.8 Å². The van der Waals surface area contributed by atoms with E-state index >= 15 is 0 Å². The Morgan fingerprint density at radius 2 is 1.19 bits per heavy atom. The fourth-order valence-electron chi connectivity index (χ4n) is 1.95. The number of hydrogen-bond donors (Lipinski definition) is 1. The van der Waals surface area contributed by atoms with E-state index in [1.54, 1.807) is 26.0 Å². The van der Waals surface area contributed by atoms with E-state index in [2.05, 4.69) is 5.32 Å². The lowest BCUT2D eigenvalue weighted by Gasteiger charge is -2.11. The minimum absolute atomic E-state index is 0.0264. The van der Waals surface area contributed by atoms with Crippen molar-refractivity contribution in [2.24, 2.45) is 0 Å². The maximum Gasteiger partial charge on any atom is 0.269 e. The molecule has 0 aliphatic heterocycles. The molecule has 108 valence electrons. The van der Waals surface area contributed by atoms with Crippen molar-refractivity contribution in [3.8, 4) is 0 Å². The lowest BCUT2D eigenvalue weighted by molar-refractivity contribution is -0.385. The highest BCUT2D eigenvalue weighted by Crippen LogP contribution is 2.28. The van der Waals surface area contributed by atoms with E-state index in [1.807, 2.05) is 0 Å². The first-order chi connectivity index (χ1) is 9.88. The number of nitrogens with zero attached hydrogens (tertiary/aromatic N) is 2. The maximum absolute atomic E-state index is 10.7. The Morgan fingerprint density at radius 3 is 1.48 bits per heavy atom. The lowest BCUT2D eigenvalue weighted by Crippen LogP contribution is -1.98. The molecule has 0 spiro atoms. The van der Waals surface area contributed by atoms with E-state index in [1.165, 1.54) is 24.3 Å². The maximum atomic E-state index is 10.7. The molecule has 0 heterocycles. The third-order valence-corrected chi connectivity index (χ3v) is 3.11. The highest BCUT2D eigenvalue weighted by molar-refractivity contribution is 5.68. The van der Waals surface area contributed by atoms with E-state index < -0.39 is 9.85 Å². The SMILES string of the molecule is Cc1cc([N+](=O)[O-])ccc1Nc1ccc([N+](=O)[O-])cc1C. The summed E-state index contributed by atoms with van der Waals surface area (Å²) in [4.78, 5) is 20.5. The van der Waals surface area contributed by atoms with Gasteiger partial charge in [0, 0.05) is 35.6 Å².